The Labute approximate surface area is 156 Å². The van der Waals surface area contributed by atoms with Crippen LogP contribution in [-0.2, 0) is 18.4 Å². The molecule has 0 spiro atoms. The first-order chi connectivity index (χ1) is 11.2. The predicted molar refractivity (Wildman–Crippen MR) is 98.6 cm³/mol. The van der Waals surface area contributed by atoms with Crippen LogP contribution in [0.25, 0.3) is 6.08 Å². The monoisotopic (exact) mass is 413 g/mol. The smallest absolute Gasteiger partial charge is 0.335 e. The van der Waals surface area contributed by atoms with Crippen LogP contribution >= 0.6 is 42.4 Å². The zero-order valence-electron chi connectivity index (χ0n) is 13.2. The molecule has 5 nitrogen and oxygen atoms in total. The van der Waals surface area contributed by atoms with E-state index in [1.165, 1.54) is 6.08 Å². The zero-order chi connectivity index (χ0) is 18.2. The minimum atomic E-state index is -3.86. The number of hydrogen-bond acceptors (Lipinski definition) is 4. The molecule has 1 rings (SSSR count). The number of carbonyl (C=O) groups excluding carboxylic acids is 1. The van der Waals surface area contributed by atoms with Crippen LogP contribution in [0.15, 0.2) is 36.4 Å². The molecule has 0 saturated heterocycles. The summed E-state index contributed by atoms with van der Waals surface area (Å²) >= 11 is 17.6. The lowest BCUT2D eigenvalue weighted by Crippen LogP contribution is -2.43. The molecule has 0 bridgehead atoms. The van der Waals surface area contributed by atoms with Crippen molar-refractivity contribution in [2.75, 3.05) is 13.2 Å². The summed E-state index contributed by atoms with van der Waals surface area (Å²) in [5, 5.41) is 2.40. The topological polar surface area (TPSA) is 64.6 Å². The molecule has 1 atom stereocenters. The lowest BCUT2D eigenvalue weighted by Gasteiger charge is -2.31. The average molecular weight is 415 g/mol. The van der Waals surface area contributed by atoms with E-state index in [1.54, 1.807) is 19.9 Å². The molecule has 0 unspecified atom stereocenters. The number of carbonyl (C=O) groups is 1. The van der Waals surface area contributed by atoms with Gasteiger partial charge in [-0.15, -0.1) is 0 Å². The molecular weight excluding hydrogens is 396 g/mol. The molecule has 1 amide bonds. The molecule has 0 radical (unpaired) electrons. The minimum absolute atomic E-state index is 0.0737. The third-order valence-electron chi connectivity index (χ3n) is 2.75. The zero-order valence-corrected chi connectivity index (χ0v) is 16.4. The van der Waals surface area contributed by atoms with Crippen molar-refractivity contribution in [2.24, 2.45) is 0 Å². The minimum Gasteiger partial charge on any atom is -0.335 e. The maximum atomic E-state index is 12.8. The van der Waals surface area contributed by atoms with E-state index in [-0.39, 0.29) is 13.2 Å². The Hall–Kier alpha value is -0.550. The van der Waals surface area contributed by atoms with Crippen molar-refractivity contribution in [1.29, 1.82) is 0 Å². The molecule has 0 aliphatic heterocycles. The van der Waals surface area contributed by atoms with E-state index in [2.05, 4.69) is 5.32 Å². The van der Waals surface area contributed by atoms with Gasteiger partial charge in [-0.2, -0.15) is 0 Å². The maximum Gasteiger partial charge on any atom is 0.357 e. The van der Waals surface area contributed by atoms with Crippen LogP contribution in [0.5, 0.6) is 0 Å². The van der Waals surface area contributed by atoms with E-state index in [9.17, 15) is 9.36 Å². The Morgan fingerprint density at radius 2 is 1.75 bits per heavy atom. The molecule has 0 saturated carbocycles. The van der Waals surface area contributed by atoms with Crippen LogP contribution in [0.2, 0.25) is 0 Å². The number of benzene rings is 1. The quantitative estimate of drug-likeness (QED) is 0.378. The van der Waals surface area contributed by atoms with Crippen molar-refractivity contribution in [1.82, 2.24) is 5.32 Å². The molecule has 134 valence electrons. The molecule has 0 aliphatic rings. The van der Waals surface area contributed by atoms with Gasteiger partial charge in [-0.1, -0.05) is 65.1 Å². The highest BCUT2D eigenvalue weighted by atomic mass is 35.6. The summed E-state index contributed by atoms with van der Waals surface area (Å²) in [5.74, 6) is -2.03. The van der Waals surface area contributed by atoms with E-state index in [4.69, 9.17) is 43.9 Å². The predicted octanol–water partition coefficient (Wildman–Crippen LogP) is 4.78. The van der Waals surface area contributed by atoms with Crippen LogP contribution in [-0.4, -0.2) is 28.7 Å². The molecule has 1 N–H and O–H groups in total. The van der Waals surface area contributed by atoms with Gasteiger partial charge in [0, 0.05) is 6.08 Å². The highest BCUT2D eigenvalue weighted by Gasteiger charge is 2.49. The Kier molecular flexibility index (Phi) is 8.78. The van der Waals surface area contributed by atoms with Gasteiger partial charge in [0.15, 0.2) is 5.78 Å². The normalized spacial score (nSPS) is 13.9. The first-order valence-corrected chi connectivity index (χ1v) is 9.96. The fraction of sp³-hybridized carbons (Fsp3) is 0.400. The number of amides is 1. The molecule has 1 aromatic carbocycles. The van der Waals surface area contributed by atoms with Crippen LogP contribution in [0, 0.1) is 0 Å². The summed E-state index contributed by atoms with van der Waals surface area (Å²) in [6.07, 6.45) is 2.83. The standard InChI is InChI=1S/C15H19Cl3NO4P/c1-3-22-24(21,23-4-2)14(15(16,17)18)19-13(20)11-10-12-8-6-5-7-9-12/h5-11,14H,3-4H2,1-2H3,(H,19,20)/b11-10+/t14-/m1/s1. The SMILES string of the molecule is CCOP(=O)(OCC)[C@@H](NC(=O)/C=C/c1ccccc1)C(Cl)(Cl)Cl. The van der Waals surface area contributed by atoms with Gasteiger partial charge in [-0.05, 0) is 25.5 Å². The molecule has 0 aliphatic carbocycles. The van der Waals surface area contributed by atoms with Crippen LogP contribution in [0.3, 0.4) is 0 Å². The summed E-state index contributed by atoms with van der Waals surface area (Å²) in [4.78, 5) is 12.1. The number of nitrogens with one attached hydrogen (secondary N) is 1. The molecular formula is C15H19Cl3NO4P. The largest absolute Gasteiger partial charge is 0.357 e. The third-order valence-corrected chi connectivity index (χ3v) is 6.25. The fourth-order valence-corrected chi connectivity index (χ4v) is 4.78. The van der Waals surface area contributed by atoms with Gasteiger partial charge >= 0.3 is 7.60 Å². The maximum absolute atomic E-state index is 12.8. The second-order valence-electron chi connectivity index (χ2n) is 4.57. The second kappa shape index (κ2) is 9.81. The Balaban J connectivity index is 2.95. The molecule has 24 heavy (non-hydrogen) atoms. The van der Waals surface area contributed by atoms with Crippen molar-refractivity contribution in [3.05, 3.63) is 42.0 Å². The van der Waals surface area contributed by atoms with E-state index in [0.717, 1.165) is 5.56 Å². The first kappa shape index (κ1) is 21.5. The van der Waals surface area contributed by atoms with Gasteiger partial charge in [0.25, 0.3) is 0 Å². The van der Waals surface area contributed by atoms with Crippen LogP contribution < -0.4 is 5.32 Å². The lowest BCUT2D eigenvalue weighted by molar-refractivity contribution is -0.116. The van der Waals surface area contributed by atoms with Gasteiger partial charge < -0.3 is 14.4 Å². The fourth-order valence-electron chi connectivity index (χ4n) is 1.81. The van der Waals surface area contributed by atoms with Crippen molar-refractivity contribution >= 4 is 54.4 Å². The third kappa shape index (κ3) is 6.75. The number of rotatable bonds is 8. The van der Waals surface area contributed by atoms with Crippen molar-refractivity contribution in [3.63, 3.8) is 0 Å². The summed E-state index contributed by atoms with van der Waals surface area (Å²) < 4.78 is 21.1. The first-order valence-electron chi connectivity index (χ1n) is 7.22. The van der Waals surface area contributed by atoms with Crippen molar-refractivity contribution in [2.45, 2.75) is 23.4 Å². The van der Waals surface area contributed by atoms with E-state index < -0.39 is 23.1 Å². The average Bonchev–Trinajstić information content (AvgIpc) is 2.51. The van der Waals surface area contributed by atoms with E-state index in [0.29, 0.717) is 0 Å². The summed E-state index contributed by atoms with van der Waals surface area (Å²) in [6.45, 7) is 3.39. The van der Waals surface area contributed by atoms with Crippen LogP contribution in [0.1, 0.15) is 19.4 Å². The van der Waals surface area contributed by atoms with Crippen LogP contribution in [0.4, 0.5) is 0 Å². The van der Waals surface area contributed by atoms with Gasteiger partial charge in [0.05, 0.1) is 13.2 Å². The Morgan fingerprint density at radius 3 is 2.21 bits per heavy atom. The Morgan fingerprint density at radius 1 is 1.21 bits per heavy atom. The number of hydrogen-bond donors (Lipinski definition) is 1. The highest BCUT2D eigenvalue weighted by Crippen LogP contribution is 2.58. The molecule has 0 heterocycles. The van der Waals surface area contributed by atoms with E-state index in [1.807, 2.05) is 30.3 Å². The molecule has 0 fully saturated rings. The van der Waals surface area contributed by atoms with Crippen molar-refractivity contribution in [3.8, 4) is 0 Å². The summed E-state index contributed by atoms with van der Waals surface area (Å²) in [7, 11) is -3.86. The molecule has 0 aromatic heterocycles. The van der Waals surface area contributed by atoms with Gasteiger partial charge in [0.1, 0.15) is 0 Å². The molecule has 9 heteroatoms. The summed E-state index contributed by atoms with van der Waals surface area (Å²) in [6, 6.07) is 9.17. The Bertz CT molecular complexity index is 594. The second-order valence-corrected chi connectivity index (χ2v) is 9.05. The number of halogens is 3. The lowest BCUT2D eigenvalue weighted by atomic mass is 10.2. The molecule has 1 aromatic rings. The number of alkyl halides is 3. The highest BCUT2D eigenvalue weighted by molar-refractivity contribution is 7.55. The van der Waals surface area contributed by atoms with Gasteiger partial charge in [0.2, 0.25) is 9.70 Å². The van der Waals surface area contributed by atoms with Gasteiger partial charge in [-0.25, -0.2) is 0 Å². The van der Waals surface area contributed by atoms with Crippen molar-refractivity contribution < 1.29 is 18.4 Å². The summed E-state index contributed by atoms with van der Waals surface area (Å²) in [5.41, 5.74) is 0.816. The van der Waals surface area contributed by atoms with Gasteiger partial charge in [-0.3, -0.25) is 9.36 Å². The van der Waals surface area contributed by atoms with E-state index >= 15 is 0 Å².